The molecule has 1 rings (SSSR count). The Morgan fingerprint density at radius 1 is 1.50 bits per heavy atom. The van der Waals surface area contributed by atoms with Gasteiger partial charge in [0.05, 0.1) is 0 Å². The molecule has 0 aliphatic carbocycles. The number of hydrogen-bond donors (Lipinski definition) is 1. The van der Waals surface area contributed by atoms with Gasteiger partial charge < -0.3 is 10.2 Å². The Bertz CT molecular complexity index is 238. The van der Waals surface area contributed by atoms with E-state index in [0.29, 0.717) is 18.4 Å². The number of carbonyl (C=O) groups is 1. The third kappa shape index (κ3) is 3.78. The molecule has 1 unspecified atom stereocenters. The van der Waals surface area contributed by atoms with Gasteiger partial charge in [-0.1, -0.05) is 27.2 Å². The van der Waals surface area contributed by atoms with Crippen LogP contribution in [0.5, 0.6) is 0 Å². The van der Waals surface area contributed by atoms with Gasteiger partial charge in [-0.05, 0) is 25.3 Å². The average molecular weight is 226 g/mol. The molecule has 3 heteroatoms. The predicted octanol–water partition coefficient (Wildman–Crippen LogP) is 2.02. The molecule has 1 aliphatic rings. The van der Waals surface area contributed by atoms with Crippen molar-refractivity contribution in [2.24, 2.45) is 5.41 Å². The van der Waals surface area contributed by atoms with Gasteiger partial charge in [0.1, 0.15) is 0 Å². The third-order valence-electron chi connectivity index (χ3n) is 3.77. The highest BCUT2D eigenvalue weighted by Gasteiger charge is 2.27. The molecule has 0 saturated carbocycles. The number of piperidine rings is 1. The summed E-state index contributed by atoms with van der Waals surface area (Å²) in [7, 11) is 1.98. The number of likely N-dealkylation sites (N-methyl/N-ethyl adjacent to an activating group) is 1. The van der Waals surface area contributed by atoms with Crippen LogP contribution in [0, 0.1) is 5.41 Å². The molecule has 1 saturated heterocycles. The Kier molecular flexibility index (Phi) is 4.78. The molecule has 0 bridgehead atoms. The molecule has 0 radical (unpaired) electrons. The number of nitrogens with zero attached hydrogens (tertiary/aromatic N) is 1. The van der Waals surface area contributed by atoms with Crippen LogP contribution in [0.3, 0.4) is 0 Å². The molecule has 1 fully saturated rings. The van der Waals surface area contributed by atoms with Crippen molar-refractivity contribution < 1.29 is 4.79 Å². The maximum atomic E-state index is 12.1. The first-order valence-corrected chi connectivity index (χ1v) is 6.43. The molecule has 1 N–H and O–H groups in total. The van der Waals surface area contributed by atoms with Gasteiger partial charge >= 0.3 is 0 Å². The minimum atomic E-state index is 0.143. The Labute approximate surface area is 99.6 Å². The molecule has 94 valence electrons. The van der Waals surface area contributed by atoms with Crippen LogP contribution in [0.1, 0.15) is 46.5 Å². The molecule has 0 aromatic rings. The highest BCUT2D eigenvalue weighted by molar-refractivity contribution is 5.77. The van der Waals surface area contributed by atoms with Gasteiger partial charge in [-0.2, -0.15) is 0 Å². The van der Waals surface area contributed by atoms with Crippen molar-refractivity contribution >= 4 is 5.91 Å². The van der Waals surface area contributed by atoms with Crippen LogP contribution in [0.2, 0.25) is 0 Å². The molecule has 0 aromatic carbocycles. The molecule has 1 aliphatic heterocycles. The lowest BCUT2D eigenvalue weighted by Gasteiger charge is -2.34. The van der Waals surface area contributed by atoms with Crippen LogP contribution in [-0.2, 0) is 4.79 Å². The van der Waals surface area contributed by atoms with Crippen LogP contribution in [-0.4, -0.2) is 37.0 Å². The number of likely N-dealkylation sites (tertiary alicyclic amines) is 1. The van der Waals surface area contributed by atoms with E-state index in [1.165, 1.54) is 6.42 Å². The SMILES string of the molecule is CCC(C)(C)CC(=O)N1CCCC(NC)C1. The van der Waals surface area contributed by atoms with Crippen molar-refractivity contribution in [2.45, 2.75) is 52.5 Å². The molecule has 1 amide bonds. The molecule has 3 nitrogen and oxygen atoms in total. The molecule has 1 heterocycles. The summed E-state index contributed by atoms with van der Waals surface area (Å²) in [4.78, 5) is 14.2. The molecular weight excluding hydrogens is 200 g/mol. The number of nitrogens with one attached hydrogen (secondary N) is 1. The monoisotopic (exact) mass is 226 g/mol. The quantitative estimate of drug-likeness (QED) is 0.795. The highest BCUT2D eigenvalue weighted by Crippen LogP contribution is 2.26. The lowest BCUT2D eigenvalue weighted by molar-refractivity contribution is -0.134. The van der Waals surface area contributed by atoms with Gasteiger partial charge in [0.2, 0.25) is 5.91 Å². The smallest absolute Gasteiger partial charge is 0.223 e. The van der Waals surface area contributed by atoms with E-state index in [0.717, 1.165) is 25.9 Å². The van der Waals surface area contributed by atoms with Crippen LogP contribution in [0.25, 0.3) is 0 Å². The predicted molar refractivity (Wildman–Crippen MR) is 67.4 cm³/mol. The normalized spacial score (nSPS) is 22.2. The van der Waals surface area contributed by atoms with Crippen molar-refractivity contribution in [3.8, 4) is 0 Å². The molecule has 0 spiro atoms. The lowest BCUT2D eigenvalue weighted by atomic mass is 9.85. The summed E-state index contributed by atoms with van der Waals surface area (Å²) in [5, 5.41) is 3.27. The van der Waals surface area contributed by atoms with E-state index in [4.69, 9.17) is 0 Å². The molecule has 1 atom stereocenters. The Hall–Kier alpha value is -0.570. The van der Waals surface area contributed by atoms with Gasteiger partial charge in [-0.15, -0.1) is 0 Å². The van der Waals surface area contributed by atoms with Crippen molar-refractivity contribution in [1.29, 1.82) is 0 Å². The van der Waals surface area contributed by atoms with Crippen molar-refractivity contribution in [3.05, 3.63) is 0 Å². The average Bonchev–Trinajstić information content (AvgIpc) is 2.28. The number of rotatable bonds is 4. The van der Waals surface area contributed by atoms with Crippen LogP contribution in [0.15, 0.2) is 0 Å². The van der Waals surface area contributed by atoms with Crippen molar-refractivity contribution in [3.63, 3.8) is 0 Å². The van der Waals surface area contributed by atoms with E-state index >= 15 is 0 Å². The first kappa shape index (κ1) is 13.5. The summed E-state index contributed by atoms with van der Waals surface area (Å²) in [5.41, 5.74) is 0.143. The number of amides is 1. The topological polar surface area (TPSA) is 32.3 Å². The van der Waals surface area contributed by atoms with E-state index < -0.39 is 0 Å². The molecule has 0 aromatic heterocycles. The summed E-state index contributed by atoms with van der Waals surface area (Å²) in [6.45, 7) is 8.32. The summed E-state index contributed by atoms with van der Waals surface area (Å²) < 4.78 is 0. The van der Waals surface area contributed by atoms with Gasteiger partial charge in [0.25, 0.3) is 0 Å². The minimum absolute atomic E-state index is 0.143. The standard InChI is InChI=1S/C13H26N2O/c1-5-13(2,3)9-12(16)15-8-6-7-11(10-15)14-4/h11,14H,5-10H2,1-4H3. The fraction of sp³-hybridized carbons (Fsp3) is 0.923. The maximum absolute atomic E-state index is 12.1. The highest BCUT2D eigenvalue weighted by atomic mass is 16.2. The molecule has 16 heavy (non-hydrogen) atoms. The second-order valence-electron chi connectivity index (χ2n) is 5.66. The molecular formula is C13H26N2O. The van der Waals surface area contributed by atoms with Crippen molar-refractivity contribution in [2.75, 3.05) is 20.1 Å². The van der Waals surface area contributed by atoms with E-state index in [1.54, 1.807) is 0 Å². The fourth-order valence-corrected chi connectivity index (χ4v) is 2.09. The first-order valence-electron chi connectivity index (χ1n) is 6.43. The van der Waals surface area contributed by atoms with Gasteiger partial charge in [-0.3, -0.25) is 4.79 Å². The first-order chi connectivity index (χ1) is 7.48. The Balaban J connectivity index is 2.47. The van der Waals surface area contributed by atoms with Gasteiger partial charge in [-0.25, -0.2) is 0 Å². The third-order valence-corrected chi connectivity index (χ3v) is 3.77. The summed E-state index contributed by atoms with van der Waals surface area (Å²) in [5.74, 6) is 0.326. The fourth-order valence-electron chi connectivity index (χ4n) is 2.09. The second kappa shape index (κ2) is 5.67. The maximum Gasteiger partial charge on any atom is 0.223 e. The van der Waals surface area contributed by atoms with E-state index in [1.807, 2.05) is 11.9 Å². The number of hydrogen-bond acceptors (Lipinski definition) is 2. The van der Waals surface area contributed by atoms with Crippen LogP contribution >= 0.6 is 0 Å². The minimum Gasteiger partial charge on any atom is -0.341 e. The zero-order valence-electron chi connectivity index (χ0n) is 11.2. The summed E-state index contributed by atoms with van der Waals surface area (Å²) in [6, 6.07) is 0.488. The number of carbonyl (C=O) groups excluding carboxylic acids is 1. The Morgan fingerprint density at radius 3 is 2.75 bits per heavy atom. The Morgan fingerprint density at radius 2 is 2.19 bits per heavy atom. The zero-order chi connectivity index (χ0) is 12.2. The van der Waals surface area contributed by atoms with Crippen LogP contribution in [0.4, 0.5) is 0 Å². The summed E-state index contributed by atoms with van der Waals surface area (Å²) >= 11 is 0. The van der Waals surface area contributed by atoms with Gasteiger partial charge in [0, 0.05) is 25.6 Å². The van der Waals surface area contributed by atoms with Gasteiger partial charge in [0.15, 0.2) is 0 Å². The zero-order valence-corrected chi connectivity index (χ0v) is 11.2. The van der Waals surface area contributed by atoms with Crippen LogP contribution < -0.4 is 5.32 Å². The van der Waals surface area contributed by atoms with Crippen molar-refractivity contribution in [1.82, 2.24) is 10.2 Å². The van der Waals surface area contributed by atoms with E-state index in [-0.39, 0.29) is 5.41 Å². The largest absolute Gasteiger partial charge is 0.341 e. The van der Waals surface area contributed by atoms with E-state index in [9.17, 15) is 4.79 Å². The summed E-state index contributed by atoms with van der Waals surface area (Å²) in [6.07, 6.45) is 4.06. The lowest BCUT2D eigenvalue weighted by Crippen LogP contribution is -2.47. The second-order valence-corrected chi connectivity index (χ2v) is 5.66. The van der Waals surface area contributed by atoms with E-state index in [2.05, 4.69) is 26.1 Å².